The third-order valence-electron chi connectivity index (χ3n) is 2.27. The van der Waals surface area contributed by atoms with Crippen molar-refractivity contribution in [2.75, 3.05) is 0 Å². The fourth-order valence-corrected chi connectivity index (χ4v) is 1.56. The Hall–Kier alpha value is -1.60. The molecule has 1 aromatic heterocycles. The van der Waals surface area contributed by atoms with Crippen LogP contribution in [0.15, 0.2) is 42.6 Å². The van der Waals surface area contributed by atoms with Crippen molar-refractivity contribution in [2.45, 2.75) is 6.92 Å². The summed E-state index contributed by atoms with van der Waals surface area (Å²) in [6.07, 6.45) is 5.78. The first-order chi connectivity index (χ1) is 7.75. The first kappa shape index (κ1) is 10.9. The van der Waals surface area contributed by atoms with Crippen molar-refractivity contribution in [1.29, 1.82) is 0 Å². The monoisotopic (exact) mass is 229 g/mol. The average Bonchev–Trinajstić information content (AvgIpc) is 2.30. The molecule has 2 heteroatoms. The van der Waals surface area contributed by atoms with Gasteiger partial charge in [-0.1, -0.05) is 41.9 Å². The lowest BCUT2D eigenvalue weighted by Crippen LogP contribution is -1.81. The Bertz CT molecular complexity index is 500. The van der Waals surface area contributed by atoms with Crippen LogP contribution in [-0.4, -0.2) is 4.98 Å². The Morgan fingerprint density at radius 1 is 1.06 bits per heavy atom. The Balaban J connectivity index is 2.21. The van der Waals surface area contributed by atoms with Crippen molar-refractivity contribution in [1.82, 2.24) is 4.98 Å². The quantitative estimate of drug-likeness (QED) is 0.752. The van der Waals surface area contributed by atoms with Crippen LogP contribution in [0.1, 0.15) is 16.8 Å². The minimum absolute atomic E-state index is 0.755. The van der Waals surface area contributed by atoms with E-state index in [9.17, 15) is 0 Å². The minimum Gasteiger partial charge on any atom is -0.257 e. The normalized spacial score (nSPS) is 10.9. The first-order valence-electron chi connectivity index (χ1n) is 5.11. The van der Waals surface area contributed by atoms with E-state index in [1.54, 1.807) is 0 Å². The van der Waals surface area contributed by atoms with Crippen molar-refractivity contribution in [3.05, 3.63) is 64.4 Å². The summed E-state index contributed by atoms with van der Waals surface area (Å²) in [4.78, 5) is 4.29. The van der Waals surface area contributed by atoms with Crippen LogP contribution >= 0.6 is 11.6 Å². The molecule has 0 amide bonds. The highest BCUT2D eigenvalue weighted by molar-refractivity contribution is 6.32. The molecule has 0 atom stereocenters. The van der Waals surface area contributed by atoms with E-state index in [0.717, 1.165) is 21.8 Å². The molecule has 0 bridgehead atoms. The molecule has 0 aliphatic heterocycles. The summed E-state index contributed by atoms with van der Waals surface area (Å²) in [6, 6.07) is 11.8. The van der Waals surface area contributed by atoms with E-state index in [4.69, 9.17) is 11.6 Å². The van der Waals surface area contributed by atoms with Crippen LogP contribution < -0.4 is 0 Å². The highest BCUT2D eigenvalue weighted by atomic mass is 35.5. The van der Waals surface area contributed by atoms with E-state index >= 15 is 0 Å². The van der Waals surface area contributed by atoms with Gasteiger partial charge in [-0.2, -0.15) is 0 Å². The second-order valence-corrected chi connectivity index (χ2v) is 4.02. The maximum absolute atomic E-state index is 6.04. The molecule has 0 spiro atoms. The smallest absolute Gasteiger partial charge is 0.0630 e. The molecule has 1 nitrogen and oxygen atoms in total. The summed E-state index contributed by atoms with van der Waals surface area (Å²) >= 11 is 6.04. The van der Waals surface area contributed by atoms with E-state index in [1.807, 2.05) is 61.7 Å². The Labute approximate surface area is 100 Å². The van der Waals surface area contributed by atoms with Crippen molar-refractivity contribution >= 4 is 23.8 Å². The predicted molar refractivity (Wildman–Crippen MR) is 69.4 cm³/mol. The maximum atomic E-state index is 6.04. The number of halogens is 1. The van der Waals surface area contributed by atoms with Crippen LogP contribution in [0.2, 0.25) is 5.02 Å². The van der Waals surface area contributed by atoms with Gasteiger partial charge in [0.15, 0.2) is 0 Å². The topological polar surface area (TPSA) is 12.9 Å². The summed E-state index contributed by atoms with van der Waals surface area (Å²) in [7, 11) is 0. The molecular formula is C14H12ClN. The molecule has 80 valence electrons. The lowest BCUT2D eigenvalue weighted by atomic mass is 10.2. The summed E-state index contributed by atoms with van der Waals surface area (Å²) in [6.45, 7) is 2.02. The lowest BCUT2D eigenvalue weighted by molar-refractivity contribution is 1.25. The number of nitrogens with zero attached hydrogens (tertiary/aromatic N) is 1. The number of aromatic nitrogens is 1. The van der Waals surface area contributed by atoms with E-state index < -0.39 is 0 Å². The van der Waals surface area contributed by atoms with Crippen molar-refractivity contribution in [3.63, 3.8) is 0 Å². The summed E-state index contributed by atoms with van der Waals surface area (Å²) < 4.78 is 0. The van der Waals surface area contributed by atoms with E-state index in [1.165, 1.54) is 0 Å². The Kier molecular flexibility index (Phi) is 3.37. The van der Waals surface area contributed by atoms with Gasteiger partial charge in [-0.05, 0) is 36.3 Å². The fourth-order valence-electron chi connectivity index (χ4n) is 1.36. The first-order valence-corrected chi connectivity index (χ1v) is 5.49. The van der Waals surface area contributed by atoms with Gasteiger partial charge in [-0.3, -0.25) is 4.98 Å². The van der Waals surface area contributed by atoms with Gasteiger partial charge in [0.2, 0.25) is 0 Å². The van der Waals surface area contributed by atoms with Gasteiger partial charge in [0.25, 0.3) is 0 Å². The molecule has 0 saturated carbocycles. The Morgan fingerprint density at radius 3 is 2.56 bits per heavy atom. The molecule has 0 N–H and O–H groups in total. The molecule has 0 fully saturated rings. The summed E-state index contributed by atoms with van der Waals surface area (Å²) in [5, 5.41) is 0.755. The predicted octanol–water partition coefficient (Wildman–Crippen LogP) is 4.21. The Morgan fingerprint density at radius 2 is 1.88 bits per heavy atom. The third kappa shape index (κ3) is 2.71. The van der Waals surface area contributed by atoms with Gasteiger partial charge in [0, 0.05) is 11.2 Å². The van der Waals surface area contributed by atoms with Gasteiger partial charge >= 0.3 is 0 Å². The van der Waals surface area contributed by atoms with Crippen LogP contribution in [-0.2, 0) is 0 Å². The largest absolute Gasteiger partial charge is 0.257 e. The lowest BCUT2D eigenvalue weighted by Gasteiger charge is -1.97. The average molecular weight is 230 g/mol. The number of pyridine rings is 1. The van der Waals surface area contributed by atoms with Crippen LogP contribution in [0.25, 0.3) is 12.2 Å². The van der Waals surface area contributed by atoms with E-state index in [-0.39, 0.29) is 0 Å². The standard InChI is InChI=1S/C14H12ClN/c1-11-6-8-13(16-10-11)9-7-12-4-2-3-5-14(12)15/h2-10H,1H3/b9-7+. The van der Waals surface area contributed by atoms with E-state index in [0.29, 0.717) is 0 Å². The molecule has 2 aromatic rings. The molecule has 1 heterocycles. The fraction of sp³-hybridized carbons (Fsp3) is 0.0714. The van der Waals surface area contributed by atoms with Gasteiger partial charge in [0.05, 0.1) is 5.69 Å². The second kappa shape index (κ2) is 4.95. The summed E-state index contributed by atoms with van der Waals surface area (Å²) in [5.41, 5.74) is 3.10. The number of hydrogen-bond acceptors (Lipinski definition) is 1. The van der Waals surface area contributed by atoms with Crippen LogP contribution in [0.5, 0.6) is 0 Å². The van der Waals surface area contributed by atoms with Crippen molar-refractivity contribution < 1.29 is 0 Å². The zero-order valence-electron chi connectivity index (χ0n) is 9.02. The zero-order valence-corrected chi connectivity index (χ0v) is 9.78. The van der Waals surface area contributed by atoms with Crippen LogP contribution in [0.4, 0.5) is 0 Å². The molecule has 1 aromatic carbocycles. The maximum Gasteiger partial charge on any atom is 0.0630 e. The highest BCUT2D eigenvalue weighted by Gasteiger charge is 1.93. The SMILES string of the molecule is Cc1ccc(/C=C/c2ccccc2Cl)nc1. The van der Waals surface area contributed by atoms with Gasteiger partial charge in [-0.25, -0.2) is 0 Å². The van der Waals surface area contributed by atoms with Crippen LogP contribution in [0.3, 0.4) is 0 Å². The van der Waals surface area contributed by atoms with Crippen molar-refractivity contribution in [2.24, 2.45) is 0 Å². The third-order valence-corrected chi connectivity index (χ3v) is 2.62. The van der Waals surface area contributed by atoms with E-state index in [2.05, 4.69) is 4.98 Å². The number of aryl methyl sites for hydroxylation is 1. The minimum atomic E-state index is 0.755. The number of benzene rings is 1. The van der Waals surface area contributed by atoms with Gasteiger partial charge in [0.1, 0.15) is 0 Å². The summed E-state index contributed by atoms with van der Waals surface area (Å²) in [5.74, 6) is 0. The second-order valence-electron chi connectivity index (χ2n) is 3.62. The molecular weight excluding hydrogens is 218 g/mol. The van der Waals surface area contributed by atoms with Gasteiger partial charge < -0.3 is 0 Å². The molecule has 2 rings (SSSR count). The molecule has 0 unspecified atom stereocenters. The van der Waals surface area contributed by atoms with Crippen molar-refractivity contribution in [3.8, 4) is 0 Å². The molecule has 0 radical (unpaired) electrons. The van der Waals surface area contributed by atoms with Crippen LogP contribution in [0, 0.1) is 6.92 Å². The number of rotatable bonds is 2. The zero-order chi connectivity index (χ0) is 11.4. The molecule has 0 aliphatic rings. The number of hydrogen-bond donors (Lipinski definition) is 0. The van der Waals surface area contributed by atoms with Gasteiger partial charge in [-0.15, -0.1) is 0 Å². The molecule has 0 aliphatic carbocycles. The molecule has 0 saturated heterocycles. The molecule has 16 heavy (non-hydrogen) atoms. The highest BCUT2D eigenvalue weighted by Crippen LogP contribution is 2.17.